The van der Waals surface area contributed by atoms with E-state index in [1.165, 1.54) is 7.11 Å². The zero-order valence-corrected chi connectivity index (χ0v) is 25.8. The smallest absolute Gasteiger partial charge is 0.408 e. The van der Waals surface area contributed by atoms with E-state index in [0.29, 0.717) is 24.9 Å². The summed E-state index contributed by atoms with van der Waals surface area (Å²) < 4.78 is 10.2. The van der Waals surface area contributed by atoms with Crippen LogP contribution in [0.15, 0.2) is 24.3 Å². The van der Waals surface area contributed by atoms with E-state index in [-0.39, 0.29) is 18.4 Å². The first-order valence-corrected chi connectivity index (χ1v) is 14.6. The van der Waals surface area contributed by atoms with Crippen LogP contribution in [0.5, 0.6) is 0 Å². The van der Waals surface area contributed by atoms with Gasteiger partial charge in [-0.2, -0.15) is 0 Å². The largest absolute Gasteiger partial charge is 0.468 e. The van der Waals surface area contributed by atoms with Crippen molar-refractivity contribution in [2.45, 2.75) is 111 Å². The third kappa shape index (κ3) is 12.4. The van der Waals surface area contributed by atoms with E-state index in [1.54, 1.807) is 25.7 Å². The Kier molecular flexibility index (Phi) is 15.3. The van der Waals surface area contributed by atoms with Crippen LogP contribution in [0.2, 0.25) is 0 Å². The molecule has 3 amide bonds. The number of carbonyl (C=O) groups is 4. The van der Waals surface area contributed by atoms with Gasteiger partial charge in [0.2, 0.25) is 11.8 Å². The Labute approximate surface area is 240 Å². The molecule has 1 rings (SSSR count). The van der Waals surface area contributed by atoms with E-state index in [9.17, 15) is 19.2 Å². The number of ether oxygens (including phenoxy) is 2. The summed E-state index contributed by atoms with van der Waals surface area (Å²) in [5.74, 6) is -1.67. The number of alkyl carbamates (subject to hydrolysis) is 1. The number of hydrogen-bond acceptors (Lipinski definition) is 6. The first-order valence-electron chi connectivity index (χ1n) is 14.6. The summed E-state index contributed by atoms with van der Waals surface area (Å²) in [6.45, 7) is 13.2. The predicted octanol–water partition coefficient (Wildman–Crippen LogP) is 5.45. The van der Waals surface area contributed by atoms with Gasteiger partial charge >= 0.3 is 12.1 Å². The fraction of sp³-hybridized carbons (Fsp3) is 0.677. The van der Waals surface area contributed by atoms with Gasteiger partial charge in [-0.1, -0.05) is 89.1 Å². The maximum atomic E-state index is 14.3. The van der Waals surface area contributed by atoms with E-state index >= 15 is 0 Å². The molecule has 0 fully saturated rings. The Balaban J connectivity index is 3.46. The average Bonchev–Trinajstić information content (AvgIpc) is 2.90. The molecule has 0 saturated heterocycles. The summed E-state index contributed by atoms with van der Waals surface area (Å²) in [7, 11) is 1.25. The van der Waals surface area contributed by atoms with Crippen molar-refractivity contribution in [3.63, 3.8) is 0 Å². The molecular weight excluding hydrogens is 510 g/mol. The van der Waals surface area contributed by atoms with Gasteiger partial charge < -0.3 is 25.0 Å². The Morgan fingerprint density at radius 1 is 0.950 bits per heavy atom. The molecular formula is C31H51N3O6. The van der Waals surface area contributed by atoms with E-state index in [0.717, 1.165) is 37.7 Å². The number of carbonyl (C=O) groups excluding carboxylic acids is 4. The molecule has 40 heavy (non-hydrogen) atoms. The molecule has 9 nitrogen and oxygen atoms in total. The number of esters is 1. The van der Waals surface area contributed by atoms with Crippen molar-refractivity contribution in [1.29, 1.82) is 0 Å². The molecule has 226 valence electrons. The van der Waals surface area contributed by atoms with Gasteiger partial charge in [0.05, 0.1) is 7.11 Å². The van der Waals surface area contributed by atoms with Crippen molar-refractivity contribution < 1.29 is 28.7 Å². The highest BCUT2D eigenvalue weighted by Gasteiger charge is 2.38. The minimum absolute atomic E-state index is 0.219. The van der Waals surface area contributed by atoms with Crippen LogP contribution in [0.25, 0.3) is 0 Å². The zero-order valence-electron chi connectivity index (χ0n) is 25.8. The number of amides is 3. The van der Waals surface area contributed by atoms with Crippen LogP contribution in [-0.4, -0.2) is 60.6 Å². The SMILES string of the molecule is CCCCCCCCN(C(=O)C(NC(=O)OC(C)(C)C)C(C)CC)C(C(=O)NCC(=O)OC)c1ccc(C)cc1. The Morgan fingerprint density at radius 2 is 1.55 bits per heavy atom. The molecule has 0 radical (unpaired) electrons. The van der Waals surface area contributed by atoms with Crippen LogP contribution in [-0.2, 0) is 23.9 Å². The lowest BCUT2D eigenvalue weighted by atomic mass is 9.95. The van der Waals surface area contributed by atoms with Crippen molar-refractivity contribution in [3.8, 4) is 0 Å². The topological polar surface area (TPSA) is 114 Å². The maximum absolute atomic E-state index is 14.3. The van der Waals surface area contributed by atoms with Crippen LogP contribution in [0.1, 0.15) is 104 Å². The fourth-order valence-corrected chi connectivity index (χ4v) is 4.28. The monoisotopic (exact) mass is 561 g/mol. The lowest BCUT2D eigenvalue weighted by molar-refractivity contribution is -0.145. The van der Waals surface area contributed by atoms with Gasteiger partial charge in [-0.3, -0.25) is 14.4 Å². The molecule has 3 unspecified atom stereocenters. The zero-order chi connectivity index (χ0) is 30.3. The van der Waals surface area contributed by atoms with Crippen molar-refractivity contribution in [3.05, 3.63) is 35.4 Å². The Hall–Kier alpha value is -3.10. The summed E-state index contributed by atoms with van der Waals surface area (Å²) >= 11 is 0. The van der Waals surface area contributed by atoms with Gasteiger partial charge in [0, 0.05) is 6.54 Å². The van der Waals surface area contributed by atoms with Gasteiger partial charge in [0.15, 0.2) is 0 Å². The van der Waals surface area contributed by atoms with Crippen LogP contribution in [0.3, 0.4) is 0 Å². The molecule has 1 aromatic carbocycles. The van der Waals surface area contributed by atoms with Gasteiger partial charge in [0.1, 0.15) is 24.2 Å². The number of benzene rings is 1. The van der Waals surface area contributed by atoms with Crippen LogP contribution in [0.4, 0.5) is 4.79 Å². The Bertz CT molecular complexity index is 941. The van der Waals surface area contributed by atoms with Gasteiger partial charge in [-0.15, -0.1) is 0 Å². The molecule has 0 aliphatic carbocycles. The highest BCUT2D eigenvalue weighted by atomic mass is 16.6. The third-order valence-corrected chi connectivity index (χ3v) is 6.77. The molecule has 0 saturated carbocycles. The second-order valence-corrected chi connectivity index (χ2v) is 11.4. The summed E-state index contributed by atoms with van der Waals surface area (Å²) in [5, 5.41) is 5.41. The van der Waals surface area contributed by atoms with Gasteiger partial charge in [-0.05, 0) is 45.6 Å². The van der Waals surface area contributed by atoms with Crippen LogP contribution in [0, 0.1) is 12.8 Å². The minimum atomic E-state index is -1.000. The summed E-state index contributed by atoms with van der Waals surface area (Å²) in [6, 6.07) is 5.50. The molecule has 2 N–H and O–H groups in total. The van der Waals surface area contributed by atoms with E-state index in [2.05, 4.69) is 17.6 Å². The van der Waals surface area contributed by atoms with Gasteiger partial charge in [0.25, 0.3) is 0 Å². The highest BCUT2D eigenvalue weighted by molar-refractivity contribution is 5.93. The third-order valence-electron chi connectivity index (χ3n) is 6.77. The Morgan fingerprint density at radius 3 is 2.10 bits per heavy atom. The summed E-state index contributed by atoms with van der Waals surface area (Å²) in [5.41, 5.74) is 0.895. The molecule has 0 aliphatic heterocycles. The van der Waals surface area contributed by atoms with E-state index in [4.69, 9.17) is 9.47 Å². The molecule has 0 heterocycles. The number of nitrogens with one attached hydrogen (secondary N) is 2. The van der Waals surface area contributed by atoms with Crippen molar-refractivity contribution in [2.75, 3.05) is 20.2 Å². The number of aryl methyl sites for hydroxylation is 1. The van der Waals surface area contributed by atoms with Crippen LogP contribution >= 0.6 is 0 Å². The lowest BCUT2D eigenvalue weighted by Gasteiger charge is -2.36. The number of methoxy groups -OCH3 is 1. The number of hydrogen-bond donors (Lipinski definition) is 2. The molecule has 0 bridgehead atoms. The van der Waals surface area contributed by atoms with Crippen molar-refractivity contribution >= 4 is 23.9 Å². The first kappa shape index (κ1) is 34.9. The number of unbranched alkanes of at least 4 members (excludes halogenated alkanes) is 5. The molecule has 0 spiro atoms. The van der Waals surface area contributed by atoms with Crippen molar-refractivity contribution in [2.24, 2.45) is 5.92 Å². The van der Waals surface area contributed by atoms with E-state index < -0.39 is 35.7 Å². The quantitative estimate of drug-likeness (QED) is 0.205. The fourth-order valence-electron chi connectivity index (χ4n) is 4.28. The summed E-state index contributed by atoms with van der Waals surface area (Å²) in [6.07, 6.45) is 5.97. The standard InChI is InChI=1S/C31H51N3O6/c1-9-11-12-13-14-15-20-34(29(37)26(23(4)10-2)33-30(38)40-31(5,6)7)27(24-18-16-22(3)17-19-24)28(36)32-21-25(35)39-8/h16-19,23,26-27H,9-15,20-21H2,1-8H3,(H,32,36)(H,33,38). The number of nitrogens with zero attached hydrogens (tertiary/aromatic N) is 1. The second kappa shape index (κ2) is 17.6. The number of rotatable bonds is 16. The molecule has 9 heteroatoms. The molecule has 3 atom stereocenters. The van der Waals surface area contributed by atoms with Crippen LogP contribution < -0.4 is 10.6 Å². The molecule has 1 aromatic rings. The first-order chi connectivity index (χ1) is 18.8. The summed E-state index contributed by atoms with van der Waals surface area (Å²) in [4.78, 5) is 54.0. The predicted molar refractivity (Wildman–Crippen MR) is 157 cm³/mol. The van der Waals surface area contributed by atoms with E-state index in [1.807, 2.05) is 45.0 Å². The second-order valence-electron chi connectivity index (χ2n) is 11.4. The lowest BCUT2D eigenvalue weighted by Crippen LogP contribution is -2.55. The highest BCUT2D eigenvalue weighted by Crippen LogP contribution is 2.26. The minimum Gasteiger partial charge on any atom is -0.468 e. The van der Waals surface area contributed by atoms with Gasteiger partial charge in [-0.25, -0.2) is 4.79 Å². The molecule has 0 aromatic heterocycles. The average molecular weight is 562 g/mol. The van der Waals surface area contributed by atoms with Crippen molar-refractivity contribution in [1.82, 2.24) is 15.5 Å². The molecule has 0 aliphatic rings. The maximum Gasteiger partial charge on any atom is 0.408 e. The normalized spacial score (nSPS) is 13.5.